The van der Waals surface area contributed by atoms with Gasteiger partial charge >= 0.3 is 0 Å². The van der Waals surface area contributed by atoms with E-state index >= 15 is 0 Å². The summed E-state index contributed by atoms with van der Waals surface area (Å²) in [5.74, 6) is 1.86. The highest BCUT2D eigenvalue weighted by Gasteiger charge is 2.37. The van der Waals surface area contributed by atoms with Crippen molar-refractivity contribution in [3.63, 3.8) is 0 Å². The van der Waals surface area contributed by atoms with Gasteiger partial charge < -0.3 is 4.42 Å². The average molecular weight is 712 g/mol. The van der Waals surface area contributed by atoms with Gasteiger partial charge in [0.25, 0.3) is 0 Å². The summed E-state index contributed by atoms with van der Waals surface area (Å²) in [4.78, 5) is 15.7. The van der Waals surface area contributed by atoms with Gasteiger partial charge in [0.15, 0.2) is 17.5 Å². The van der Waals surface area contributed by atoms with E-state index in [0.29, 0.717) is 17.5 Å². The van der Waals surface area contributed by atoms with Crippen molar-refractivity contribution in [1.82, 2.24) is 15.0 Å². The Morgan fingerprint density at radius 2 is 1.02 bits per heavy atom. The standard InChI is InChI=1S/C51H41N3O/c1-50(2)26-27-51(3,4)43-30-37(24-25-42(43)50)39-29-41(46-40-16-10-11-17-44(40)55-45(46)31-39)49-53-47(35-21-18-34(19-22-35)32-12-6-5-7-13-32)52-48(54-49)38-23-20-33-14-8-9-15-36(33)28-38/h5-25,28-31H,26-27H2,1-4H3. The van der Waals surface area contributed by atoms with E-state index in [1.165, 1.54) is 28.5 Å². The first-order valence-electron chi connectivity index (χ1n) is 19.2. The summed E-state index contributed by atoms with van der Waals surface area (Å²) in [5.41, 5.74) is 12.1. The van der Waals surface area contributed by atoms with Crippen LogP contribution in [-0.4, -0.2) is 15.0 Å². The number of nitrogens with zero attached hydrogens (tertiary/aromatic N) is 3. The van der Waals surface area contributed by atoms with E-state index < -0.39 is 0 Å². The lowest BCUT2D eigenvalue weighted by Crippen LogP contribution is -2.33. The molecule has 2 heterocycles. The number of hydrogen-bond acceptors (Lipinski definition) is 4. The van der Waals surface area contributed by atoms with Crippen LogP contribution in [0.1, 0.15) is 51.7 Å². The molecule has 1 aliphatic rings. The van der Waals surface area contributed by atoms with E-state index in [-0.39, 0.29) is 10.8 Å². The van der Waals surface area contributed by atoms with Crippen LogP contribution >= 0.6 is 0 Å². The van der Waals surface area contributed by atoms with Crippen LogP contribution in [0.2, 0.25) is 0 Å². The van der Waals surface area contributed by atoms with Gasteiger partial charge in [-0.05, 0) is 92.1 Å². The van der Waals surface area contributed by atoms with Gasteiger partial charge in [-0.2, -0.15) is 0 Å². The Morgan fingerprint density at radius 3 is 1.82 bits per heavy atom. The molecule has 0 atom stereocenters. The smallest absolute Gasteiger partial charge is 0.164 e. The molecule has 0 amide bonds. The van der Waals surface area contributed by atoms with Gasteiger partial charge in [-0.1, -0.05) is 155 Å². The van der Waals surface area contributed by atoms with Crippen LogP contribution in [0, 0.1) is 0 Å². The minimum atomic E-state index is 0.0844. The molecular weight excluding hydrogens is 671 g/mol. The Hall–Kier alpha value is -6.39. The van der Waals surface area contributed by atoms with Crippen molar-refractivity contribution in [3.8, 4) is 56.4 Å². The lowest BCUT2D eigenvalue weighted by Gasteiger charge is -2.42. The molecule has 4 heteroatoms. The van der Waals surface area contributed by atoms with Crippen LogP contribution in [0.4, 0.5) is 0 Å². The van der Waals surface area contributed by atoms with Crippen LogP contribution < -0.4 is 0 Å². The summed E-state index contributed by atoms with van der Waals surface area (Å²) in [7, 11) is 0. The quantitative estimate of drug-likeness (QED) is 0.178. The number of para-hydroxylation sites is 1. The summed E-state index contributed by atoms with van der Waals surface area (Å²) in [6, 6.07) is 53.5. The molecule has 266 valence electrons. The third kappa shape index (κ3) is 5.81. The molecule has 9 aromatic rings. The molecule has 0 radical (unpaired) electrons. The van der Waals surface area contributed by atoms with Gasteiger partial charge in [0, 0.05) is 27.5 Å². The minimum Gasteiger partial charge on any atom is -0.456 e. The maximum absolute atomic E-state index is 6.63. The molecule has 0 bridgehead atoms. The second kappa shape index (κ2) is 12.6. The third-order valence-corrected chi connectivity index (χ3v) is 11.8. The first-order valence-corrected chi connectivity index (χ1v) is 19.2. The Bertz CT molecular complexity index is 2920. The highest BCUT2D eigenvalue weighted by Crippen LogP contribution is 2.48. The fourth-order valence-electron chi connectivity index (χ4n) is 8.49. The summed E-state index contributed by atoms with van der Waals surface area (Å²) in [5, 5.41) is 4.35. The number of fused-ring (bicyclic) bond motifs is 5. The van der Waals surface area contributed by atoms with Crippen LogP contribution in [0.15, 0.2) is 156 Å². The largest absolute Gasteiger partial charge is 0.456 e. The monoisotopic (exact) mass is 711 g/mol. The van der Waals surface area contributed by atoms with Gasteiger partial charge in [-0.15, -0.1) is 0 Å². The van der Waals surface area contributed by atoms with E-state index in [4.69, 9.17) is 19.4 Å². The van der Waals surface area contributed by atoms with Gasteiger partial charge in [0.1, 0.15) is 11.2 Å². The SMILES string of the molecule is CC1(C)CCC(C)(C)c2cc(-c3cc(-c4nc(-c5ccc(-c6ccccc6)cc5)nc(-c5ccc6ccccc6c5)n4)c4c(c3)oc3ccccc34)ccc21. The Labute approximate surface area is 321 Å². The fraction of sp³-hybridized carbons (Fsp3) is 0.157. The number of aromatic nitrogens is 3. The molecule has 7 aromatic carbocycles. The normalized spacial score (nSPS) is 14.7. The molecule has 0 aliphatic heterocycles. The molecule has 0 saturated carbocycles. The summed E-state index contributed by atoms with van der Waals surface area (Å²) < 4.78 is 6.63. The Balaban J connectivity index is 1.21. The Kier molecular flexibility index (Phi) is 7.60. The lowest BCUT2D eigenvalue weighted by molar-refractivity contribution is 0.332. The highest BCUT2D eigenvalue weighted by molar-refractivity contribution is 6.13. The fourth-order valence-corrected chi connectivity index (χ4v) is 8.49. The van der Waals surface area contributed by atoms with Crippen molar-refractivity contribution < 1.29 is 4.42 Å². The zero-order chi connectivity index (χ0) is 37.3. The predicted molar refractivity (Wildman–Crippen MR) is 227 cm³/mol. The van der Waals surface area contributed by atoms with Crippen molar-refractivity contribution in [2.45, 2.75) is 51.4 Å². The minimum absolute atomic E-state index is 0.0844. The number of rotatable bonds is 5. The second-order valence-electron chi connectivity index (χ2n) is 16.3. The molecule has 4 nitrogen and oxygen atoms in total. The molecular formula is C51H41N3O. The topological polar surface area (TPSA) is 51.8 Å². The van der Waals surface area contributed by atoms with Crippen molar-refractivity contribution in [3.05, 3.63) is 163 Å². The number of furan rings is 1. The molecule has 55 heavy (non-hydrogen) atoms. The van der Waals surface area contributed by atoms with E-state index in [1.54, 1.807) is 0 Å². The van der Waals surface area contributed by atoms with E-state index in [1.807, 2.05) is 18.2 Å². The number of hydrogen-bond donors (Lipinski definition) is 0. The van der Waals surface area contributed by atoms with Crippen molar-refractivity contribution in [2.75, 3.05) is 0 Å². The van der Waals surface area contributed by atoms with Gasteiger partial charge in [0.2, 0.25) is 0 Å². The first kappa shape index (κ1) is 33.2. The maximum atomic E-state index is 6.63. The first-order chi connectivity index (χ1) is 26.7. The second-order valence-corrected chi connectivity index (χ2v) is 16.3. The predicted octanol–water partition coefficient (Wildman–Crippen LogP) is 13.6. The van der Waals surface area contributed by atoms with Crippen LogP contribution in [-0.2, 0) is 10.8 Å². The molecule has 0 fully saturated rings. The summed E-state index contributed by atoms with van der Waals surface area (Å²) >= 11 is 0. The van der Waals surface area contributed by atoms with Crippen molar-refractivity contribution in [2.24, 2.45) is 0 Å². The van der Waals surface area contributed by atoms with E-state index in [9.17, 15) is 0 Å². The molecule has 0 spiro atoms. The third-order valence-electron chi connectivity index (χ3n) is 11.8. The van der Waals surface area contributed by atoms with Gasteiger partial charge in [0.05, 0.1) is 0 Å². The molecule has 0 unspecified atom stereocenters. The molecule has 0 N–H and O–H groups in total. The van der Waals surface area contributed by atoms with Crippen LogP contribution in [0.25, 0.3) is 89.1 Å². The molecule has 2 aromatic heterocycles. The average Bonchev–Trinajstić information content (AvgIpc) is 3.61. The summed E-state index contributed by atoms with van der Waals surface area (Å²) in [6.07, 6.45) is 2.33. The van der Waals surface area contributed by atoms with Gasteiger partial charge in [-0.25, -0.2) is 15.0 Å². The van der Waals surface area contributed by atoms with Crippen molar-refractivity contribution in [1.29, 1.82) is 0 Å². The lowest BCUT2D eigenvalue weighted by atomic mass is 9.63. The van der Waals surface area contributed by atoms with E-state index in [0.717, 1.165) is 67.1 Å². The molecule has 0 saturated heterocycles. The maximum Gasteiger partial charge on any atom is 0.164 e. The Morgan fingerprint density at radius 1 is 0.418 bits per heavy atom. The zero-order valence-electron chi connectivity index (χ0n) is 31.6. The molecule has 10 rings (SSSR count). The summed E-state index contributed by atoms with van der Waals surface area (Å²) in [6.45, 7) is 9.51. The van der Waals surface area contributed by atoms with Crippen molar-refractivity contribution >= 4 is 32.7 Å². The van der Waals surface area contributed by atoms with Crippen LogP contribution in [0.3, 0.4) is 0 Å². The molecule has 1 aliphatic carbocycles. The van der Waals surface area contributed by atoms with E-state index in [2.05, 4.69) is 161 Å². The van der Waals surface area contributed by atoms with Crippen LogP contribution in [0.5, 0.6) is 0 Å². The highest BCUT2D eigenvalue weighted by atomic mass is 16.3. The number of benzene rings is 7. The van der Waals surface area contributed by atoms with Gasteiger partial charge in [-0.3, -0.25) is 0 Å². The zero-order valence-corrected chi connectivity index (χ0v) is 31.6.